The molecule has 6 nitrogen and oxygen atoms in total. The minimum absolute atomic E-state index is 0.108. The SMILES string of the molecule is CCC1C(=O)NC(C)(C)C(=O)N1Cc1c(Cl)c(C)nn1C. The van der Waals surface area contributed by atoms with Gasteiger partial charge >= 0.3 is 0 Å². The third-order valence-corrected chi connectivity index (χ3v) is 4.37. The molecule has 1 saturated heterocycles. The lowest BCUT2D eigenvalue weighted by Gasteiger charge is -2.42. The second-order valence-electron chi connectivity index (χ2n) is 5.94. The van der Waals surface area contributed by atoms with E-state index >= 15 is 0 Å². The summed E-state index contributed by atoms with van der Waals surface area (Å²) in [5.41, 5.74) is 0.560. The number of piperazine rings is 1. The molecule has 1 aromatic heterocycles. The van der Waals surface area contributed by atoms with E-state index in [0.29, 0.717) is 11.4 Å². The van der Waals surface area contributed by atoms with Gasteiger partial charge in [0.15, 0.2) is 0 Å². The van der Waals surface area contributed by atoms with Crippen LogP contribution in [0.15, 0.2) is 0 Å². The van der Waals surface area contributed by atoms with Gasteiger partial charge in [0.25, 0.3) is 0 Å². The van der Waals surface area contributed by atoms with Gasteiger partial charge in [-0.25, -0.2) is 0 Å². The van der Waals surface area contributed by atoms with Gasteiger partial charge in [-0.3, -0.25) is 14.3 Å². The third-order valence-electron chi connectivity index (χ3n) is 3.88. The molecular weight excluding hydrogens is 292 g/mol. The number of carbonyl (C=O) groups is 2. The van der Waals surface area contributed by atoms with E-state index in [-0.39, 0.29) is 18.4 Å². The first-order chi connectivity index (χ1) is 9.69. The number of amides is 2. The van der Waals surface area contributed by atoms with Gasteiger partial charge in [-0.15, -0.1) is 0 Å². The number of nitrogens with one attached hydrogen (secondary N) is 1. The van der Waals surface area contributed by atoms with Gasteiger partial charge in [0.2, 0.25) is 11.8 Å². The Kier molecular flexibility index (Phi) is 4.02. The summed E-state index contributed by atoms with van der Waals surface area (Å²) in [5, 5.41) is 7.57. The van der Waals surface area contributed by atoms with Crippen LogP contribution in [0.5, 0.6) is 0 Å². The molecule has 0 bridgehead atoms. The van der Waals surface area contributed by atoms with Crippen LogP contribution in [0.25, 0.3) is 0 Å². The molecule has 0 spiro atoms. The van der Waals surface area contributed by atoms with Gasteiger partial charge < -0.3 is 10.2 Å². The Bertz CT molecular complexity index is 594. The van der Waals surface area contributed by atoms with Crippen LogP contribution in [-0.4, -0.2) is 38.1 Å². The Morgan fingerprint density at radius 1 is 1.38 bits per heavy atom. The maximum atomic E-state index is 12.6. The first kappa shape index (κ1) is 15.8. The van der Waals surface area contributed by atoms with Crippen LogP contribution >= 0.6 is 11.6 Å². The Morgan fingerprint density at radius 3 is 2.48 bits per heavy atom. The number of nitrogens with zero attached hydrogens (tertiary/aromatic N) is 3. The fourth-order valence-corrected chi connectivity index (χ4v) is 2.91. The summed E-state index contributed by atoms with van der Waals surface area (Å²) in [6.07, 6.45) is 0.558. The quantitative estimate of drug-likeness (QED) is 0.917. The molecule has 21 heavy (non-hydrogen) atoms. The highest BCUT2D eigenvalue weighted by atomic mass is 35.5. The topological polar surface area (TPSA) is 67.2 Å². The van der Waals surface area contributed by atoms with Crippen molar-refractivity contribution in [1.82, 2.24) is 20.0 Å². The highest BCUT2D eigenvalue weighted by Gasteiger charge is 2.44. The molecule has 0 aromatic carbocycles. The average Bonchev–Trinajstić information content (AvgIpc) is 2.61. The normalized spacial score (nSPS) is 21.6. The zero-order valence-corrected chi connectivity index (χ0v) is 13.8. The summed E-state index contributed by atoms with van der Waals surface area (Å²) in [6, 6.07) is -0.475. The Hall–Kier alpha value is -1.56. The molecule has 1 aliphatic heterocycles. The standard InChI is InChI=1S/C14H21ClN4O2/c1-6-9-12(20)16-14(3,4)13(21)19(9)7-10-11(15)8(2)17-18(10)5/h9H,6-7H2,1-5H3,(H,16,20). The van der Waals surface area contributed by atoms with Crippen molar-refractivity contribution in [3.8, 4) is 0 Å². The zero-order chi connectivity index (χ0) is 15.9. The number of carbonyl (C=O) groups excluding carboxylic acids is 2. The van der Waals surface area contributed by atoms with Crippen molar-refractivity contribution in [2.24, 2.45) is 7.05 Å². The molecule has 0 radical (unpaired) electrons. The summed E-state index contributed by atoms with van der Waals surface area (Å²) in [6.45, 7) is 7.41. The van der Waals surface area contributed by atoms with E-state index < -0.39 is 11.6 Å². The highest BCUT2D eigenvalue weighted by molar-refractivity contribution is 6.31. The van der Waals surface area contributed by atoms with Crippen molar-refractivity contribution < 1.29 is 9.59 Å². The van der Waals surface area contributed by atoms with Crippen LogP contribution < -0.4 is 5.32 Å². The van der Waals surface area contributed by atoms with Crippen LogP contribution in [-0.2, 0) is 23.2 Å². The summed E-state index contributed by atoms with van der Waals surface area (Å²) < 4.78 is 1.66. The first-order valence-electron chi connectivity index (χ1n) is 7.00. The van der Waals surface area contributed by atoms with Crippen molar-refractivity contribution in [2.45, 2.75) is 52.2 Å². The lowest BCUT2D eigenvalue weighted by atomic mass is 9.95. The van der Waals surface area contributed by atoms with Crippen LogP contribution in [0.2, 0.25) is 5.02 Å². The molecular formula is C14H21ClN4O2. The molecule has 7 heteroatoms. The van der Waals surface area contributed by atoms with Gasteiger partial charge in [-0.2, -0.15) is 5.10 Å². The van der Waals surface area contributed by atoms with Gasteiger partial charge in [0.05, 0.1) is 23.0 Å². The van der Waals surface area contributed by atoms with E-state index in [2.05, 4.69) is 10.4 Å². The number of aryl methyl sites for hydroxylation is 2. The predicted molar refractivity (Wildman–Crippen MR) is 79.8 cm³/mol. The van der Waals surface area contributed by atoms with Crippen molar-refractivity contribution >= 4 is 23.4 Å². The van der Waals surface area contributed by atoms with E-state index in [0.717, 1.165) is 11.4 Å². The van der Waals surface area contributed by atoms with Crippen LogP contribution in [0.4, 0.5) is 0 Å². The molecule has 2 amide bonds. The predicted octanol–water partition coefficient (Wildman–Crippen LogP) is 1.40. The minimum atomic E-state index is -0.900. The minimum Gasteiger partial charge on any atom is -0.340 e. The highest BCUT2D eigenvalue weighted by Crippen LogP contribution is 2.26. The molecule has 1 atom stereocenters. The van der Waals surface area contributed by atoms with E-state index in [9.17, 15) is 9.59 Å². The third kappa shape index (κ3) is 2.64. The van der Waals surface area contributed by atoms with E-state index in [1.165, 1.54) is 0 Å². The van der Waals surface area contributed by atoms with Crippen LogP contribution in [0, 0.1) is 6.92 Å². The van der Waals surface area contributed by atoms with Crippen LogP contribution in [0.3, 0.4) is 0 Å². The second-order valence-corrected chi connectivity index (χ2v) is 6.32. The Labute approximate surface area is 129 Å². The van der Waals surface area contributed by atoms with Gasteiger partial charge in [0, 0.05) is 7.05 Å². The lowest BCUT2D eigenvalue weighted by molar-refractivity contribution is -0.154. The number of rotatable bonds is 3. The van der Waals surface area contributed by atoms with Gasteiger partial charge in [-0.05, 0) is 27.2 Å². The zero-order valence-electron chi connectivity index (χ0n) is 13.0. The first-order valence-corrected chi connectivity index (χ1v) is 7.38. The molecule has 1 N–H and O–H groups in total. The maximum Gasteiger partial charge on any atom is 0.248 e. The molecule has 2 rings (SSSR count). The Balaban J connectivity index is 2.38. The van der Waals surface area contributed by atoms with Crippen LogP contribution in [0.1, 0.15) is 38.6 Å². The van der Waals surface area contributed by atoms with Gasteiger partial charge in [0.1, 0.15) is 11.6 Å². The fraction of sp³-hybridized carbons (Fsp3) is 0.643. The van der Waals surface area contributed by atoms with E-state index in [1.807, 2.05) is 13.8 Å². The largest absolute Gasteiger partial charge is 0.340 e. The average molecular weight is 313 g/mol. The summed E-state index contributed by atoms with van der Waals surface area (Å²) >= 11 is 6.26. The fourth-order valence-electron chi connectivity index (χ4n) is 2.69. The maximum absolute atomic E-state index is 12.6. The number of hydrogen-bond acceptors (Lipinski definition) is 3. The molecule has 1 aromatic rings. The number of halogens is 1. The second kappa shape index (κ2) is 5.33. The molecule has 1 unspecified atom stereocenters. The molecule has 116 valence electrons. The molecule has 0 saturated carbocycles. The molecule has 0 aliphatic carbocycles. The molecule has 2 heterocycles. The summed E-state index contributed by atoms with van der Waals surface area (Å²) in [7, 11) is 1.79. The van der Waals surface area contributed by atoms with Crippen molar-refractivity contribution in [1.29, 1.82) is 0 Å². The smallest absolute Gasteiger partial charge is 0.248 e. The molecule has 1 fully saturated rings. The molecule has 1 aliphatic rings. The van der Waals surface area contributed by atoms with E-state index in [1.54, 1.807) is 30.5 Å². The van der Waals surface area contributed by atoms with Crippen molar-refractivity contribution in [2.75, 3.05) is 0 Å². The number of hydrogen-bond donors (Lipinski definition) is 1. The van der Waals surface area contributed by atoms with E-state index in [4.69, 9.17) is 11.6 Å². The summed E-state index contributed by atoms with van der Waals surface area (Å²) in [5.74, 6) is -0.235. The number of aromatic nitrogens is 2. The summed E-state index contributed by atoms with van der Waals surface area (Å²) in [4.78, 5) is 26.4. The van der Waals surface area contributed by atoms with Crippen molar-refractivity contribution in [3.63, 3.8) is 0 Å². The van der Waals surface area contributed by atoms with Gasteiger partial charge in [-0.1, -0.05) is 18.5 Å². The monoisotopic (exact) mass is 312 g/mol. The lowest BCUT2D eigenvalue weighted by Crippen LogP contribution is -2.67. The van der Waals surface area contributed by atoms with Crippen molar-refractivity contribution in [3.05, 3.63) is 16.4 Å². The Morgan fingerprint density at radius 2 is 2.00 bits per heavy atom.